The molecule has 12 aromatic rings. The van der Waals surface area contributed by atoms with Crippen LogP contribution in [0.3, 0.4) is 0 Å². The van der Waals surface area contributed by atoms with Gasteiger partial charge in [0.1, 0.15) is 6.17 Å². The van der Waals surface area contributed by atoms with Crippen molar-refractivity contribution in [2.75, 3.05) is 0 Å². The summed E-state index contributed by atoms with van der Waals surface area (Å²) in [5, 5.41) is 16.6. The molecule has 3 nitrogen and oxygen atoms in total. The van der Waals surface area contributed by atoms with Gasteiger partial charge in [-0.05, 0) is 121 Å². The number of para-hydroxylation sites is 2. The Morgan fingerprint density at radius 1 is 0.323 bits per heavy atom. The summed E-state index contributed by atoms with van der Waals surface area (Å²) in [6, 6.07) is 77.7. The molecule has 2 aromatic heterocycles. The van der Waals surface area contributed by atoms with E-state index in [1.54, 1.807) is 0 Å². The molecule has 1 atom stereocenters. The number of nitrogens with one attached hydrogen (secondary N) is 1. The molecule has 1 unspecified atom stereocenters. The summed E-state index contributed by atoms with van der Waals surface area (Å²) in [5.41, 5.74) is 13.0. The van der Waals surface area contributed by atoms with Crippen molar-refractivity contribution in [3.8, 4) is 16.8 Å². The van der Waals surface area contributed by atoms with Crippen LogP contribution in [0.1, 0.15) is 17.3 Å². The van der Waals surface area contributed by atoms with Gasteiger partial charge in [-0.15, -0.1) is 0 Å². The van der Waals surface area contributed by atoms with Crippen molar-refractivity contribution >= 4 is 87.2 Å². The maximum atomic E-state index is 3.93. The largest absolute Gasteiger partial charge is 0.361 e. The van der Waals surface area contributed by atoms with Crippen molar-refractivity contribution in [1.82, 2.24) is 14.5 Å². The molecule has 0 spiro atoms. The van der Waals surface area contributed by atoms with Crippen molar-refractivity contribution in [3.63, 3.8) is 0 Å². The summed E-state index contributed by atoms with van der Waals surface area (Å²) in [6.45, 7) is 0. The highest BCUT2D eigenvalue weighted by molar-refractivity contribution is 6.25. The van der Waals surface area contributed by atoms with Gasteiger partial charge < -0.3 is 14.5 Å². The second-order valence-electron chi connectivity index (χ2n) is 16.5. The summed E-state index contributed by atoms with van der Waals surface area (Å²) < 4.78 is 4.92. The Bertz CT molecular complexity index is 3790. The highest BCUT2D eigenvalue weighted by Crippen LogP contribution is 2.41. The molecular weight excluding hydrogens is 751 g/mol. The topological polar surface area (TPSA) is 21.9 Å². The van der Waals surface area contributed by atoms with Crippen LogP contribution in [0.4, 0.5) is 0 Å². The fourth-order valence-corrected chi connectivity index (χ4v) is 10.3. The molecule has 1 aliphatic rings. The van der Waals surface area contributed by atoms with Crippen molar-refractivity contribution in [2.45, 2.75) is 6.17 Å². The average Bonchev–Trinajstić information content (AvgIpc) is 3.86. The molecule has 1 N–H and O–H groups in total. The van der Waals surface area contributed by atoms with Gasteiger partial charge in [-0.3, -0.25) is 0 Å². The second kappa shape index (κ2) is 13.7. The highest BCUT2D eigenvalue weighted by Gasteiger charge is 2.23. The van der Waals surface area contributed by atoms with Gasteiger partial charge in [-0.25, -0.2) is 0 Å². The van der Waals surface area contributed by atoms with Gasteiger partial charge in [-0.1, -0.05) is 164 Å². The molecule has 1 aliphatic heterocycles. The average molecular weight is 790 g/mol. The number of hydrogen-bond donors (Lipinski definition) is 1. The van der Waals surface area contributed by atoms with Crippen LogP contribution in [0, 0.1) is 0 Å². The summed E-state index contributed by atoms with van der Waals surface area (Å²) >= 11 is 0. The monoisotopic (exact) mass is 789 g/mol. The van der Waals surface area contributed by atoms with E-state index in [9.17, 15) is 0 Å². The number of fused-ring (bicyclic) bond motifs is 12. The molecule has 10 aromatic carbocycles. The lowest BCUT2D eigenvalue weighted by Gasteiger charge is -2.28. The Hall–Kier alpha value is -8.14. The van der Waals surface area contributed by atoms with Crippen molar-refractivity contribution in [1.29, 1.82) is 0 Å². The van der Waals surface area contributed by atoms with Crippen LogP contribution in [0.25, 0.3) is 104 Å². The van der Waals surface area contributed by atoms with E-state index in [0.29, 0.717) is 0 Å². The van der Waals surface area contributed by atoms with Gasteiger partial charge >= 0.3 is 0 Å². The summed E-state index contributed by atoms with van der Waals surface area (Å²) in [4.78, 5) is 0. The molecule has 0 fully saturated rings. The standard InChI is InChI=1S/C59H39N3/c1-3-15-38(16-4-1)42-35-54(39-17-5-2-6-18-39)60-59(36-42)62-56-26-14-12-24-50(56)53-34-41(28-32-58(53)62)40-27-31-57-52(33-40)49-23-11-13-25-55(49)61(57)43-29-30-48-46-21-8-7-19-44(46)45-20-9-10-22-47(45)51(48)37-43/h1-37,59-60H. The predicted octanol–water partition coefficient (Wildman–Crippen LogP) is 15.2. The van der Waals surface area contributed by atoms with Gasteiger partial charge in [-0.2, -0.15) is 0 Å². The fourth-order valence-electron chi connectivity index (χ4n) is 10.3. The summed E-state index contributed by atoms with van der Waals surface area (Å²) in [5.74, 6) is 0. The molecule has 0 radical (unpaired) electrons. The predicted molar refractivity (Wildman–Crippen MR) is 263 cm³/mol. The number of hydrogen-bond acceptors (Lipinski definition) is 1. The lowest BCUT2D eigenvalue weighted by Crippen LogP contribution is -2.26. The number of rotatable bonds is 5. The smallest absolute Gasteiger partial charge is 0.124 e. The highest BCUT2D eigenvalue weighted by atomic mass is 15.2. The first-order valence-corrected chi connectivity index (χ1v) is 21.5. The van der Waals surface area contributed by atoms with E-state index in [1.165, 1.54) is 104 Å². The minimum Gasteiger partial charge on any atom is -0.361 e. The minimum absolute atomic E-state index is 0.104. The molecule has 0 saturated heterocycles. The fraction of sp³-hybridized carbons (Fsp3) is 0.0169. The molecule has 13 rings (SSSR count). The van der Waals surface area contributed by atoms with Crippen LogP contribution in [0.5, 0.6) is 0 Å². The molecule has 3 heterocycles. The lowest BCUT2D eigenvalue weighted by molar-refractivity contribution is 0.591. The van der Waals surface area contributed by atoms with Crippen LogP contribution < -0.4 is 5.32 Å². The zero-order valence-corrected chi connectivity index (χ0v) is 33.8. The third-order valence-corrected chi connectivity index (χ3v) is 13.1. The Kier molecular flexibility index (Phi) is 7.67. The van der Waals surface area contributed by atoms with Gasteiger partial charge in [0.2, 0.25) is 0 Å². The van der Waals surface area contributed by atoms with E-state index in [2.05, 4.69) is 239 Å². The van der Waals surface area contributed by atoms with Crippen LogP contribution in [-0.4, -0.2) is 9.13 Å². The zero-order chi connectivity index (χ0) is 40.7. The molecular formula is C59H39N3. The third kappa shape index (κ3) is 5.32. The van der Waals surface area contributed by atoms with Gasteiger partial charge in [0.15, 0.2) is 0 Å². The molecule has 0 saturated carbocycles. The number of nitrogens with zero attached hydrogens (tertiary/aromatic N) is 2. The lowest BCUT2D eigenvalue weighted by atomic mass is 9.94. The summed E-state index contributed by atoms with van der Waals surface area (Å²) in [6.07, 6.45) is 4.54. The van der Waals surface area contributed by atoms with E-state index >= 15 is 0 Å². The second-order valence-corrected chi connectivity index (χ2v) is 16.5. The maximum Gasteiger partial charge on any atom is 0.124 e. The Morgan fingerprint density at radius 3 is 1.45 bits per heavy atom. The Morgan fingerprint density at radius 2 is 0.790 bits per heavy atom. The number of aromatic nitrogens is 2. The van der Waals surface area contributed by atoms with Crippen molar-refractivity contribution in [3.05, 3.63) is 236 Å². The molecule has 0 aliphatic carbocycles. The number of allylic oxidation sites excluding steroid dienone is 2. The first-order valence-electron chi connectivity index (χ1n) is 21.5. The Labute approximate surface area is 358 Å². The minimum atomic E-state index is -0.104. The summed E-state index contributed by atoms with van der Waals surface area (Å²) in [7, 11) is 0. The molecule has 0 bridgehead atoms. The molecule has 0 amide bonds. The van der Waals surface area contributed by atoms with Gasteiger partial charge in [0, 0.05) is 32.9 Å². The first-order chi connectivity index (χ1) is 30.7. The molecule has 290 valence electrons. The van der Waals surface area contributed by atoms with E-state index in [4.69, 9.17) is 0 Å². The Balaban J connectivity index is 0.956. The normalized spacial score (nSPS) is 14.3. The van der Waals surface area contributed by atoms with E-state index in [0.717, 1.165) is 11.4 Å². The number of dihydropyridines is 1. The van der Waals surface area contributed by atoms with Crippen LogP contribution in [0.2, 0.25) is 0 Å². The van der Waals surface area contributed by atoms with E-state index < -0.39 is 0 Å². The van der Waals surface area contributed by atoms with E-state index in [-0.39, 0.29) is 6.17 Å². The molecule has 3 heteroatoms. The maximum absolute atomic E-state index is 3.93. The molecule has 62 heavy (non-hydrogen) atoms. The van der Waals surface area contributed by atoms with Gasteiger partial charge in [0.05, 0.1) is 22.1 Å². The zero-order valence-electron chi connectivity index (χ0n) is 33.8. The van der Waals surface area contributed by atoms with Crippen LogP contribution in [0.15, 0.2) is 224 Å². The quantitative estimate of drug-likeness (QED) is 0.172. The van der Waals surface area contributed by atoms with Crippen LogP contribution >= 0.6 is 0 Å². The van der Waals surface area contributed by atoms with Crippen molar-refractivity contribution < 1.29 is 0 Å². The first kappa shape index (κ1) is 34.7. The SMILES string of the molecule is C1=C(c2ccccc2)C=C(c2ccccc2)NC1n1c2ccccc2c2cc(-c3ccc4c(c3)c3ccccc3n4-c3ccc4c5ccccc5c5ccccc5c4c3)ccc21. The van der Waals surface area contributed by atoms with E-state index in [1.807, 2.05) is 0 Å². The number of benzene rings is 10. The van der Waals surface area contributed by atoms with Crippen LogP contribution in [-0.2, 0) is 0 Å². The van der Waals surface area contributed by atoms with Crippen molar-refractivity contribution in [2.24, 2.45) is 0 Å². The third-order valence-electron chi connectivity index (χ3n) is 13.1. The van der Waals surface area contributed by atoms with Gasteiger partial charge in [0.25, 0.3) is 0 Å².